The predicted molar refractivity (Wildman–Crippen MR) is 101 cm³/mol. The molecule has 0 N–H and O–H groups in total. The van der Waals surface area contributed by atoms with Gasteiger partial charge in [0.05, 0.1) is 18.4 Å². The van der Waals surface area contributed by atoms with Crippen molar-refractivity contribution in [2.75, 3.05) is 12.9 Å². The van der Waals surface area contributed by atoms with Gasteiger partial charge in [0, 0.05) is 5.75 Å². The van der Waals surface area contributed by atoms with Gasteiger partial charge in [0.25, 0.3) is 0 Å². The highest BCUT2D eigenvalue weighted by Crippen LogP contribution is 2.33. The molecule has 1 aliphatic heterocycles. The Morgan fingerprint density at radius 3 is 2.52 bits per heavy atom. The van der Waals surface area contributed by atoms with Gasteiger partial charge < -0.3 is 4.74 Å². The average Bonchev–Trinajstić information content (AvgIpc) is 3.05. The lowest BCUT2D eigenvalue weighted by atomic mass is 10.1. The number of ether oxygens (including phenoxy) is 1. The lowest BCUT2D eigenvalue weighted by molar-refractivity contribution is 0.415. The van der Waals surface area contributed by atoms with Gasteiger partial charge in [-0.15, -0.1) is 10.2 Å². The van der Waals surface area contributed by atoms with Crippen LogP contribution in [0.25, 0.3) is 11.4 Å². The van der Waals surface area contributed by atoms with Crippen molar-refractivity contribution in [3.05, 3.63) is 59.2 Å². The zero-order valence-corrected chi connectivity index (χ0v) is 15.2. The average molecular weight is 350 g/mol. The second kappa shape index (κ2) is 6.37. The zero-order valence-electron chi connectivity index (χ0n) is 14.4. The quantitative estimate of drug-likeness (QED) is 0.718. The van der Waals surface area contributed by atoms with Crippen LogP contribution in [0.1, 0.15) is 16.7 Å². The van der Waals surface area contributed by atoms with E-state index in [1.807, 2.05) is 29.8 Å². The minimum Gasteiger partial charge on any atom is -0.496 e. The number of methoxy groups -OCH3 is 1. The Labute approximate surface area is 150 Å². The van der Waals surface area contributed by atoms with Crippen LogP contribution in [-0.2, 0) is 0 Å². The molecule has 0 atom stereocenters. The van der Waals surface area contributed by atoms with Gasteiger partial charge in [-0.2, -0.15) is 9.78 Å². The zero-order chi connectivity index (χ0) is 17.4. The second-order valence-electron chi connectivity index (χ2n) is 6.02. The fourth-order valence-electron chi connectivity index (χ4n) is 2.77. The molecule has 6 heteroatoms. The van der Waals surface area contributed by atoms with E-state index < -0.39 is 0 Å². The number of thioether (sulfide) groups is 1. The summed E-state index contributed by atoms with van der Waals surface area (Å²) >= 11 is 1.65. The summed E-state index contributed by atoms with van der Waals surface area (Å²) in [5.41, 5.74) is 5.41. The van der Waals surface area contributed by atoms with Crippen LogP contribution in [0, 0.1) is 13.8 Å². The van der Waals surface area contributed by atoms with Gasteiger partial charge in [0.15, 0.2) is 5.82 Å². The third kappa shape index (κ3) is 2.93. The molecule has 2 aromatic carbocycles. The molecule has 126 valence electrons. The minimum absolute atomic E-state index is 0.698. The summed E-state index contributed by atoms with van der Waals surface area (Å²) in [5.74, 6) is 2.26. The lowest BCUT2D eigenvalue weighted by Gasteiger charge is -2.15. The maximum Gasteiger partial charge on any atom is 0.212 e. The molecule has 0 aliphatic carbocycles. The first kappa shape index (κ1) is 15.9. The lowest BCUT2D eigenvalue weighted by Crippen LogP contribution is -2.13. The van der Waals surface area contributed by atoms with Crippen molar-refractivity contribution in [2.24, 2.45) is 5.10 Å². The number of aryl methyl sites for hydroxylation is 2. The molecule has 0 amide bonds. The molecule has 2 heterocycles. The molecule has 0 unspecified atom stereocenters. The Bertz CT molecular complexity index is 960. The highest BCUT2D eigenvalue weighted by Gasteiger charge is 2.22. The van der Waals surface area contributed by atoms with E-state index in [1.165, 1.54) is 5.56 Å². The Hall–Kier alpha value is -2.60. The van der Waals surface area contributed by atoms with Crippen molar-refractivity contribution in [1.82, 2.24) is 14.9 Å². The van der Waals surface area contributed by atoms with Gasteiger partial charge in [0.1, 0.15) is 5.75 Å². The maximum absolute atomic E-state index is 5.53. The molecule has 0 saturated heterocycles. The van der Waals surface area contributed by atoms with Crippen molar-refractivity contribution in [3.8, 4) is 17.1 Å². The first-order valence-electron chi connectivity index (χ1n) is 8.04. The fourth-order valence-corrected chi connectivity index (χ4v) is 3.60. The van der Waals surface area contributed by atoms with Gasteiger partial charge in [-0.05, 0) is 37.1 Å². The van der Waals surface area contributed by atoms with Gasteiger partial charge in [-0.3, -0.25) is 0 Å². The Kier molecular flexibility index (Phi) is 4.05. The summed E-state index contributed by atoms with van der Waals surface area (Å²) in [5, 5.41) is 14.3. The van der Waals surface area contributed by atoms with Crippen LogP contribution >= 0.6 is 11.8 Å². The third-order valence-electron chi connectivity index (χ3n) is 4.15. The molecule has 0 fully saturated rings. The van der Waals surface area contributed by atoms with Crippen LogP contribution in [0.5, 0.6) is 5.75 Å². The molecular formula is C19H18N4OS. The van der Waals surface area contributed by atoms with E-state index in [0.29, 0.717) is 5.82 Å². The van der Waals surface area contributed by atoms with Gasteiger partial charge in [-0.25, -0.2) is 0 Å². The normalized spacial score (nSPS) is 13.3. The first-order valence-corrected chi connectivity index (χ1v) is 9.02. The highest BCUT2D eigenvalue weighted by atomic mass is 32.2. The summed E-state index contributed by atoms with van der Waals surface area (Å²) < 4.78 is 7.35. The third-order valence-corrected chi connectivity index (χ3v) is 5.08. The topological polar surface area (TPSA) is 52.3 Å². The van der Waals surface area contributed by atoms with Gasteiger partial charge in [0.2, 0.25) is 5.16 Å². The largest absolute Gasteiger partial charge is 0.496 e. The molecule has 25 heavy (non-hydrogen) atoms. The maximum atomic E-state index is 5.53. The number of rotatable bonds is 3. The molecule has 1 aliphatic rings. The number of fused-ring (bicyclic) bond motifs is 1. The molecule has 0 bridgehead atoms. The SMILES string of the molecule is COc1cc(C)ccc1-c1nnc2n1N=C(c1ccc(C)cc1)CS2. The molecular weight excluding hydrogens is 332 g/mol. The molecule has 0 spiro atoms. The van der Waals surface area contributed by atoms with Crippen LogP contribution in [0.15, 0.2) is 52.7 Å². The Morgan fingerprint density at radius 1 is 1.00 bits per heavy atom. The standard InChI is InChI=1S/C19H18N4OS/c1-12-4-7-14(8-5-12)16-11-25-19-21-20-18(23(19)22-16)15-9-6-13(2)10-17(15)24-3/h4-10H,11H2,1-3H3. The van der Waals surface area contributed by atoms with E-state index in [2.05, 4.69) is 41.4 Å². The van der Waals surface area contributed by atoms with Crippen LogP contribution in [0.2, 0.25) is 0 Å². The molecule has 4 rings (SSSR count). The van der Waals surface area contributed by atoms with E-state index >= 15 is 0 Å². The van der Waals surface area contributed by atoms with E-state index in [-0.39, 0.29) is 0 Å². The summed E-state index contributed by atoms with van der Waals surface area (Å²) in [7, 11) is 1.67. The first-order chi connectivity index (χ1) is 12.2. The van der Waals surface area contributed by atoms with E-state index in [4.69, 9.17) is 9.84 Å². The predicted octanol–water partition coefficient (Wildman–Crippen LogP) is 3.93. The van der Waals surface area contributed by atoms with E-state index in [1.54, 1.807) is 18.9 Å². The number of hydrogen-bond acceptors (Lipinski definition) is 5. The van der Waals surface area contributed by atoms with Crippen molar-refractivity contribution < 1.29 is 4.74 Å². The number of aromatic nitrogens is 3. The van der Waals surface area contributed by atoms with Crippen LogP contribution in [0.3, 0.4) is 0 Å². The van der Waals surface area contributed by atoms with Crippen molar-refractivity contribution >= 4 is 17.5 Å². The Morgan fingerprint density at radius 2 is 1.76 bits per heavy atom. The van der Waals surface area contributed by atoms with E-state index in [0.717, 1.165) is 39.1 Å². The monoisotopic (exact) mass is 350 g/mol. The highest BCUT2D eigenvalue weighted by molar-refractivity contribution is 7.99. The fraction of sp³-hybridized carbons (Fsp3) is 0.211. The number of hydrogen-bond donors (Lipinski definition) is 0. The van der Waals surface area contributed by atoms with Gasteiger partial charge >= 0.3 is 0 Å². The smallest absolute Gasteiger partial charge is 0.212 e. The Balaban J connectivity index is 1.81. The molecule has 0 radical (unpaired) electrons. The van der Waals surface area contributed by atoms with Crippen LogP contribution < -0.4 is 4.74 Å². The summed E-state index contributed by atoms with van der Waals surface area (Å²) in [6.45, 7) is 4.12. The molecule has 0 saturated carbocycles. The number of benzene rings is 2. The van der Waals surface area contributed by atoms with E-state index in [9.17, 15) is 0 Å². The second-order valence-corrected chi connectivity index (χ2v) is 6.97. The summed E-state index contributed by atoms with van der Waals surface area (Å²) in [6.07, 6.45) is 0. The summed E-state index contributed by atoms with van der Waals surface area (Å²) in [4.78, 5) is 0. The van der Waals surface area contributed by atoms with Crippen LogP contribution in [-0.4, -0.2) is 33.4 Å². The minimum atomic E-state index is 0.698. The molecule has 5 nitrogen and oxygen atoms in total. The van der Waals surface area contributed by atoms with Crippen molar-refractivity contribution in [1.29, 1.82) is 0 Å². The molecule has 1 aromatic heterocycles. The van der Waals surface area contributed by atoms with Crippen molar-refractivity contribution in [2.45, 2.75) is 19.0 Å². The summed E-state index contributed by atoms with van der Waals surface area (Å²) in [6, 6.07) is 14.5. The van der Waals surface area contributed by atoms with Crippen molar-refractivity contribution in [3.63, 3.8) is 0 Å². The molecule has 3 aromatic rings. The van der Waals surface area contributed by atoms with Gasteiger partial charge in [-0.1, -0.05) is 47.7 Å². The number of nitrogens with zero attached hydrogens (tertiary/aromatic N) is 4. The van der Waals surface area contributed by atoms with Crippen LogP contribution in [0.4, 0.5) is 0 Å².